The van der Waals surface area contributed by atoms with E-state index in [4.69, 9.17) is 14.5 Å². The van der Waals surface area contributed by atoms with Crippen LogP contribution in [0, 0.1) is 12.7 Å². The van der Waals surface area contributed by atoms with Crippen molar-refractivity contribution in [3.05, 3.63) is 52.7 Å². The number of aryl methyl sites for hydroxylation is 1. The number of halogens is 1. The summed E-state index contributed by atoms with van der Waals surface area (Å²) in [6.07, 6.45) is 0.816. The Hall–Kier alpha value is -2.60. The van der Waals surface area contributed by atoms with Gasteiger partial charge in [-0.25, -0.2) is 9.37 Å². The van der Waals surface area contributed by atoms with Crippen molar-refractivity contribution in [2.75, 3.05) is 12.4 Å². The molecule has 0 amide bonds. The molecule has 2 aromatic carbocycles. The van der Waals surface area contributed by atoms with Gasteiger partial charge in [0, 0.05) is 22.4 Å². The van der Waals surface area contributed by atoms with Crippen LogP contribution in [-0.2, 0) is 6.42 Å². The lowest BCUT2D eigenvalue weighted by molar-refractivity contribution is 0.134. The number of anilines is 2. The average Bonchev–Trinajstić information content (AvgIpc) is 3.13. The molecule has 1 N–H and O–H groups in total. The third-order valence-corrected chi connectivity index (χ3v) is 5.42. The minimum Gasteiger partial charge on any atom is -0.493 e. The Morgan fingerprint density at radius 2 is 2.04 bits per heavy atom. The van der Waals surface area contributed by atoms with Crippen molar-refractivity contribution in [3.8, 4) is 22.8 Å². The number of nitrogens with one attached hydrogen (secondary N) is 1. The molecule has 2 heterocycles. The Balaban J connectivity index is 1.71. The molecular formula is C21H21FN2O2S. The van der Waals surface area contributed by atoms with E-state index in [0.717, 1.165) is 33.9 Å². The summed E-state index contributed by atoms with van der Waals surface area (Å²) in [5.74, 6) is 1.22. The number of hydrogen-bond acceptors (Lipinski definition) is 5. The van der Waals surface area contributed by atoms with E-state index < -0.39 is 0 Å². The minimum absolute atomic E-state index is 0.247. The van der Waals surface area contributed by atoms with Crippen molar-refractivity contribution < 1.29 is 13.9 Å². The molecule has 0 spiro atoms. The number of thiazole rings is 1. The maximum Gasteiger partial charge on any atom is 0.188 e. The molecule has 4 rings (SSSR count). The Morgan fingerprint density at radius 1 is 1.26 bits per heavy atom. The van der Waals surface area contributed by atoms with Crippen LogP contribution in [0.5, 0.6) is 11.5 Å². The average molecular weight is 384 g/mol. The van der Waals surface area contributed by atoms with Gasteiger partial charge in [-0.05, 0) is 45.0 Å². The van der Waals surface area contributed by atoms with Crippen LogP contribution in [0.25, 0.3) is 11.3 Å². The molecule has 0 unspecified atom stereocenters. The first-order chi connectivity index (χ1) is 12.9. The van der Waals surface area contributed by atoms with Gasteiger partial charge >= 0.3 is 0 Å². The van der Waals surface area contributed by atoms with E-state index in [1.807, 2.05) is 13.0 Å². The first-order valence-electron chi connectivity index (χ1n) is 8.75. The van der Waals surface area contributed by atoms with Gasteiger partial charge in [-0.3, -0.25) is 0 Å². The first kappa shape index (κ1) is 17.8. The molecule has 1 aliphatic rings. The second kappa shape index (κ2) is 6.53. The molecule has 1 aromatic heterocycles. The summed E-state index contributed by atoms with van der Waals surface area (Å²) in [4.78, 5) is 5.75. The van der Waals surface area contributed by atoms with Gasteiger partial charge in [0.2, 0.25) is 0 Å². The quantitative estimate of drug-likeness (QED) is 0.624. The standard InChI is InChI=1S/C21H21FN2O2S/c1-12-18(24-20(27-12)23-16-8-6-5-7-15(16)22)13-9-14-11-21(2,3)26-19(14)17(10-13)25-4/h5-10H,11H2,1-4H3,(H,23,24). The highest BCUT2D eigenvalue weighted by Gasteiger charge is 2.33. The maximum atomic E-state index is 13.9. The number of aromatic nitrogens is 1. The number of benzene rings is 2. The lowest BCUT2D eigenvalue weighted by Gasteiger charge is -2.17. The number of rotatable bonds is 4. The highest BCUT2D eigenvalue weighted by atomic mass is 32.1. The van der Waals surface area contributed by atoms with Gasteiger partial charge in [-0.2, -0.15) is 0 Å². The third-order valence-electron chi connectivity index (χ3n) is 4.53. The zero-order chi connectivity index (χ0) is 19.2. The first-order valence-corrected chi connectivity index (χ1v) is 9.57. The van der Waals surface area contributed by atoms with Crippen molar-refractivity contribution in [2.45, 2.75) is 32.8 Å². The fraction of sp³-hybridized carbons (Fsp3) is 0.286. The summed E-state index contributed by atoms with van der Waals surface area (Å²) in [5, 5.41) is 3.73. The molecule has 4 nitrogen and oxygen atoms in total. The fourth-order valence-electron chi connectivity index (χ4n) is 3.36. The lowest BCUT2D eigenvalue weighted by Crippen LogP contribution is -2.24. The second-order valence-electron chi connectivity index (χ2n) is 7.23. The Kier molecular flexibility index (Phi) is 4.30. The minimum atomic E-state index is -0.300. The Labute approximate surface area is 162 Å². The summed E-state index contributed by atoms with van der Waals surface area (Å²) in [6, 6.07) is 10.6. The molecule has 1 aliphatic heterocycles. The van der Waals surface area contributed by atoms with Crippen LogP contribution < -0.4 is 14.8 Å². The summed E-state index contributed by atoms with van der Waals surface area (Å²) in [6.45, 7) is 6.15. The molecular weight excluding hydrogens is 363 g/mol. The highest BCUT2D eigenvalue weighted by Crippen LogP contribution is 2.45. The van der Waals surface area contributed by atoms with Gasteiger partial charge in [0.1, 0.15) is 11.4 Å². The van der Waals surface area contributed by atoms with Crippen LogP contribution in [0.2, 0.25) is 0 Å². The lowest BCUT2D eigenvalue weighted by atomic mass is 9.99. The summed E-state index contributed by atoms with van der Waals surface area (Å²) >= 11 is 1.50. The molecule has 0 radical (unpaired) electrons. The van der Waals surface area contributed by atoms with Gasteiger partial charge < -0.3 is 14.8 Å². The largest absolute Gasteiger partial charge is 0.493 e. The molecule has 27 heavy (non-hydrogen) atoms. The van der Waals surface area contributed by atoms with Gasteiger partial charge in [0.15, 0.2) is 16.6 Å². The number of ether oxygens (including phenoxy) is 2. The topological polar surface area (TPSA) is 43.4 Å². The van der Waals surface area contributed by atoms with E-state index in [-0.39, 0.29) is 11.4 Å². The SMILES string of the molecule is COc1cc(-c2nc(Nc3ccccc3F)sc2C)cc2c1OC(C)(C)C2. The summed E-state index contributed by atoms with van der Waals surface area (Å²) < 4.78 is 25.5. The molecule has 140 valence electrons. The number of para-hydroxylation sites is 1. The zero-order valence-corrected chi connectivity index (χ0v) is 16.5. The molecule has 0 aliphatic carbocycles. The molecule has 6 heteroatoms. The monoisotopic (exact) mass is 384 g/mol. The van der Waals surface area contributed by atoms with E-state index in [1.165, 1.54) is 17.4 Å². The molecule has 0 atom stereocenters. The summed E-state index contributed by atoms with van der Waals surface area (Å²) in [7, 11) is 1.65. The van der Waals surface area contributed by atoms with Crippen LogP contribution in [-0.4, -0.2) is 17.7 Å². The van der Waals surface area contributed by atoms with E-state index >= 15 is 0 Å². The van der Waals surface area contributed by atoms with E-state index in [1.54, 1.807) is 25.3 Å². The van der Waals surface area contributed by atoms with E-state index in [9.17, 15) is 4.39 Å². The Morgan fingerprint density at radius 3 is 2.78 bits per heavy atom. The van der Waals surface area contributed by atoms with Crippen LogP contribution in [0.1, 0.15) is 24.3 Å². The molecule has 0 bridgehead atoms. The van der Waals surface area contributed by atoms with Crippen LogP contribution in [0.4, 0.5) is 15.2 Å². The second-order valence-corrected chi connectivity index (χ2v) is 8.44. The van der Waals surface area contributed by atoms with Crippen molar-refractivity contribution in [2.24, 2.45) is 0 Å². The number of methoxy groups -OCH3 is 1. The van der Waals surface area contributed by atoms with Crippen molar-refractivity contribution in [3.63, 3.8) is 0 Å². The van der Waals surface area contributed by atoms with Crippen LogP contribution >= 0.6 is 11.3 Å². The molecule has 0 saturated carbocycles. The van der Waals surface area contributed by atoms with Crippen LogP contribution in [0.15, 0.2) is 36.4 Å². The molecule has 0 saturated heterocycles. The fourth-order valence-corrected chi connectivity index (χ4v) is 4.21. The van der Waals surface area contributed by atoms with E-state index in [2.05, 4.69) is 25.2 Å². The van der Waals surface area contributed by atoms with Crippen LogP contribution in [0.3, 0.4) is 0 Å². The van der Waals surface area contributed by atoms with Gasteiger partial charge in [-0.1, -0.05) is 12.1 Å². The van der Waals surface area contributed by atoms with Crippen molar-refractivity contribution in [1.29, 1.82) is 0 Å². The Bertz CT molecular complexity index is 1010. The summed E-state index contributed by atoms with van der Waals surface area (Å²) in [5.41, 5.74) is 3.12. The maximum absolute atomic E-state index is 13.9. The highest BCUT2D eigenvalue weighted by molar-refractivity contribution is 7.16. The predicted octanol–water partition coefficient (Wildman–Crippen LogP) is 5.72. The van der Waals surface area contributed by atoms with Crippen molar-refractivity contribution in [1.82, 2.24) is 4.98 Å². The smallest absolute Gasteiger partial charge is 0.188 e. The van der Waals surface area contributed by atoms with Crippen molar-refractivity contribution >= 4 is 22.2 Å². The van der Waals surface area contributed by atoms with Gasteiger partial charge in [0.05, 0.1) is 18.5 Å². The predicted molar refractivity (Wildman–Crippen MR) is 107 cm³/mol. The van der Waals surface area contributed by atoms with Gasteiger partial charge in [-0.15, -0.1) is 11.3 Å². The zero-order valence-electron chi connectivity index (χ0n) is 15.7. The number of fused-ring (bicyclic) bond motifs is 1. The van der Waals surface area contributed by atoms with Gasteiger partial charge in [0.25, 0.3) is 0 Å². The van der Waals surface area contributed by atoms with E-state index in [0.29, 0.717) is 16.6 Å². The third kappa shape index (κ3) is 3.37. The molecule has 0 fully saturated rings. The number of hydrogen-bond donors (Lipinski definition) is 1. The number of nitrogens with zero attached hydrogens (tertiary/aromatic N) is 1. The molecule has 3 aromatic rings. The normalized spacial score (nSPS) is 14.6.